The number of hydrogen-bond acceptors (Lipinski definition) is 3. The Labute approximate surface area is 132 Å². The highest BCUT2D eigenvalue weighted by Crippen LogP contribution is 2.31. The Morgan fingerprint density at radius 3 is 3.14 bits per heavy atom. The highest BCUT2D eigenvalue weighted by Gasteiger charge is 2.24. The fourth-order valence-corrected chi connectivity index (χ4v) is 3.32. The van der Waals surface area contributed by atoms with Gasteiger partial charge in [0.25, 0.3) is 0 Å². The second-order valence-corrected chi connectivity index (χ2v) is 6.16. The molecule has 2 aliphatic rings. The summed E-state index contributed by atoms with van der Waals surface area (Å²) < 4.78 is 5.54. The van der Waals surface area contributed by atoms with Gasteiger partial charge < -0.3 is 20.7 Å². The molecule has 1 fully saturated rings. The van der Waals surface area contributed by atoms with Gasteiger partial charge in [-0.1, -0.05) is 18.2 Å². The number of guanidine groups is 1. The van der Waals surface area contributed by atoms with Crippen molar-refractivity contribution in [2.45, 2.75) is 38.3 Å². The average Bonchev–Trinajstić information content (AvgIpc) is 3.13. The van der Waals surface area contributed by atoms with Crippen molar-refractivity contribution in [1.82, 2.24) is 5.32 Å². The quantitative estimate of drug-likeness (QED) is 0.639. The standard InChI is InChI=1S/C17H26N4O/c1-13-11-14-5-2-3-7-16(14)21(13)9-8-19-17(18)20-12-15-6-4-10-22-15/h2-3,5,7,13,15H,4,6,8-12H2,1H3,(H3,18,19,20). The summed E-state index contributed by atoms with van der Waals surface area (Å²) in [7, 11) is 0. The first-order valence-corrected chi connectivity index (χ1v) is 8.24. The molecule has 0 saturated carbocycles. The Kier molecular flexibility index (Phi) is 4.83. The number of para-hydroxylation sites is 1. The number of nitrogens with two attached hydrogens (primary N) is 1. The number of ether oxygens (including phenoxy) is 1. The second-order valence-electron chi connectivity index (χ2n) is 6.16. The molecular weight excluding hydrogens is 276 g/mol. The monoisotopic (exact) mass is 302 g/mol. The molecule has 1 aromatic rings. The largest absolute Gasteiger partial charge is 0.376 e. The summed E-state index contributed by atoms with van der Waals surface area (Å²) in [6, 6.07) is 9.19. The summed E-state index contributed by atoms with van der Waals surface area (Å²) in [6.45, 7) is 5.55. The number of fused-ring (bicyclic) bond motifs is 1. The van der Waals surface area contributed by atoms with Crippen LogP contribution in [0.3, 0.4) is 0 Å². The molecule has 5 nitrogen and oxygen atoms in total. The van der Waals surface area contributed by atoms with Crippen molar-refractivity contribution >= 4 is 11.6 Å². The zero-order valence-corrected chi connectivity index (χ0v) is 13.3. The van der Waals surface area contributed by atoms with Gasteiger partial charge in [0.15, 0.2) is 5.96 Å². The van der Waals surface area contributed by atoms with Crippen LogP contribution in [0, 0.1) is 0 Å². The second kappa shape index (κ2) is 7.01. The van der Waals surface area contributed by atoms with Gasteiger partial charge in [-0.15, -0.1) is 0 Å². The van der Waals surface area contributed by atoms with Crippen molar-refractivity contribution in [3.63, 3.8) is 0 Å². The van der Waals surface area contributed by atoms with Gasteiger partial charge in [-0.25, -0.2) is 0 Å². The van der Waals surface area contributed by atoms with Crippen molar-refractivity contribution in [3.8, 4) is 0 Å². The minimum absolute atomic E-state index is 0.255. The minimum atomic E-state index is 0.255. The smallest absolute Gasteiger partial charge is 0.188 e. The van der Waals surface area contributed by atoms with E-state index in [1.165, 1.54) is 11.3 Å². The van der Waals surface area contributed by atoms with Gasteiger partial charge in [-0.3, -0.25) is 4.99 Å². The summed E-state index contributed by atoms with van der Waals surface area (Å²) in [5.74, 6) is 0.524. The van der Waals surface area contributed by atoms with Crippen LogP contribution in [0.25, 0.3) is 0 Å². The fraction of sp³-hybridized carbons (Fsp3) is 0.588. The highest BCUT2D eigenvalue weighted by molar-refractivity contribution is 5.77. The molecule has 0 spiro atoms. The molecule has 0 aromatic heterocycles. The van der Waals surface area contributed by atoms with Crippen molar-refractivity contribution < 1.29 is 4.74 Å². The van der Waals surface area contributed by atoms with E-state index in [1.807, 2.05) is 0 Å². The van der Waals surface area contributed by atoms with Gasteiger partial charge in [0.05, 0.1) is 12.6 Å². The molecule has 2 aliphatic heterocycles. The SMILES string of the molecule is CC1Cc2ccccc2N1CCNC(N)=NCC1CCCO1. The molecule has 2 unspecified atom stereocenters. The number of hydrogen-bond donors (Lipinski definition) is 2. The van der Waals surface area contributed by atoms with Crippen LogP contribution in [0.4, 0.5) is 5.69 Å². The van der Waals surface area contributed by atoms with Crippen LogP contribution < -0.4 is 16.0 Å². The minimum Gasteiger partial charge on any atom is -0.376 e. The van der Waals surface area contributed by atoms with Crippen LogP contribution in [0.5, 0.6) is 0 Å². The van der Waals surface area contributed by atoms with Gasteiger partial charge in [-0.05, 0) is 37.8 Å². The normalized spacial score (nSPS) is 24.6. The lowest BCUT2D eigenvalue weighted by Crippen LogP contribution is -2.40. The molecule has 2 atom stereocenters. The van der Waals surface area contributed by atoms with E-state index in [2.05, 4.69) is 46.4 Å². The number of nitrogens with zero attached hydrogens (tertiary/aromatic N) is 2. The van der Waals surface area contributed by atoms with E-state index >= 15 is 0 Å². The number of benzene rings is 1. The maximum Gasteiger partial charge on any atom is 0.188 e. The number of rotatable bonds is 5. The van der Waals surface area contributed by atoms with Crippen molar-refractivity contribution in [2.75, 3.05) is 31.1 Å². The van der Waals surface area contributed by atoms with Gasteiger partial charge in [0, 0.05) is 31.4 Å². The third-order valence-electron chi connectivity index (χ3n) is 4.50. The van der Waals surface area contributed by atoms with Gasteiger partial charge in [0.1, 0.15) is 0 Å². The molecule has 5 heteroatoms. The number of nitrogens with one attached hydrogen (secondary N) is 1. The summed E-state index contributed by atoms with van der Waals surface area (Å²) in [4.78, 5) is 6.81. The van der Waals surface area contributed by atoms with Crippen molar-refractivity contribution in [3.05, 3.63) is 29.8 Å². The molecule has 1 saturated heterocycles. The molecule has 3 rings (SSSR count). The Hall–Kier alpha value is -1.75. The average molecular weight is 302 g/mol. The van der Waals surface area contributed by atoms with E-state index in [0.29, 0.717) is 18.5 Å². The highest BCUT2D eigenvalue weighted by atomic mass is 16.5. The van der Waals surface area contributed by atoms with Crippen LogP contribution >= 0.6 is 0 Å². The van der Waals surface area contributed by atoms with E-state index in [1.54, 1.807) is 0 Å². The van der Waals surface area contributed by atoms with Crippen molar-refractivity contribution in [2.24, 2.45) is 10.7 Å². The van der Waals surface area contributed by atoms with Gasteiger partial charge >= 0.3 is 0 Å². The fourth-order valence-electron chi connectivity index (χ4n) is 3.32. The summed E-state index contributed by atoms with van der Waals surface area (Å²) in [5.41, 5.74) is 8.72. The van der Waals surface area contributed by atoms with Crippen LogP contribution in [0.2, 0.25) is 0 Å². The number of aliphatic imine (C=N–C) groups is 1. The molecule has 1 aromatic carbocycles. The zero-order valence-electron chi connectivity index (χ0n) is 13.3. The molecule has 3 N–H and O–H groups in total. The van der Waals surface area contributed by atoms with Gasteiger partial charge in [-0.2, -0.15) is 0 Å². The maximum absolute atomic E-state index is 5.93. The molecule has 22 heavy (non-hydrogen) atoms. The molecule has 0 amide bonds. The predicted octanol–water partition coefficient (Wildman–Crippen LogP) is 1.52. The summed E-state index contributed by atoms with van der Waals surface area (Å²) >= 11 is 0. The Balaban J connectivity index is 1.45. The third kappa shape index (κ3) is 3.53. The third-order valence-corrected chi connectivity index (χ3v) is 4.50. The molecule has 2 heterocycles. The van der Waals surface area contributed by atoms with E-state index < -0.39 is 0 Å². The zero-order chi connectivity index (χ0) is 15.4. The molecule has 0 bridgehead atoms. The maximum atomic E-state index is 5.93. The Morgan fingerprint density at radius 1 is 1.45 bits per heavy atom. The summed E-state index contributed by atoms with van der Waals surface area (Å²) in [6.07, 6.45) is 3.61. The predicted molar refractivity (Wildman–Crippen MR) is 90.4 cm³/mol. The Bertz CT molecular complexity index is 525. The van der Waals surface area contributed by atoms with E-state index in [4.69, 9.17) is 10.5 Å². The van der Waals surface area contributed by atoms with Crippen LogP contribution in [-0.4, -0.2) is 44.3 Å². The molecule has 0 aliphatic carbocycles. The molecule has 0 radical (unpaired) electrons. The lowest BCUT2D eigenvalue weighted by atomic mass is 10.1. The number of anilines is 1. The Morgan fingerprint density at radius 2 is 2.32 bits per heavy atom. The lowest BCUT2D eigenvalue weighted by molar-refractivity contribution is 0.118. The van der Waals surface area contributed by atoms with E-state index in [0.717, 1.165) is 39.0 Å². The first kappa shape index (κ1) is 15.2. The van der Waals surface area contributed by atoms with Crippen LogP contribution in [0.1, 0.15) is 25.3 Å². The summed E-state index contributed by atoms with van der Waals surface area (Å²) in [5, 5.41) is 3.22. The topological polar surface area (TPSA) is 62.9 Å². The first-order chi connectivity index (χ1) is 10.7. The van der Waals surface area contributed by atoms with Crippen LogP contribution in [0.15, 0.2) is 29.3 Å². The first-order valence-electron chi connectivity index (χ1n) is 8.24. The van der Waals surface area contributed by atoms with Crippen molar-refractivity contribution in [1.29, 1.82) is 0 Å². The van der Waals surface area contributed by atoms with E-state index in [9.17, 15) is 0 Å². The molecular formula is C17H26N4O. The van der Waals surface area contributed by atoms with Gasteiger partial charge in [0.2, 0.25) is 0 Å². The van der Waals surface area contributed by atoms with Crippen LogP contribution in [-0.2, 0) is 11.2 Å². The lowest BCUT2D eigenvalue weighted by Gasteiger charge is -2.25. The van der Waals surface area contributed by atoms with E-state index in [-0.39, 0.29) is 6.10 Å². The molecule has 120 valence electrons.